The van der Waals surface area contributed by atoms with Gasteiger partial charge in [-0.3, -0.25) is 0 Å². The number of nitrogens with two attached hydrogens (primary N) is 1. The molecule has 110 valence electrons. The molecule has 0 amide bonds. The molecular formula is C20H25N. The van der Waals surface area contributed by atoms with Crippen molar-refractivity contribution in [3.8, 4) is 0 Å². The Hall–Kier alpha value is -1.60. The van der Waals surface area contributed by atoms with Crippen LogP contribution in [0.4, 0.5) is 0 Å². The lowest BCUT2D eigenvalue weighted by Gasteiger charge is -2.36. The molecule has 2 aromatic carbocycles. The zero-order valence-corrected chi connectivity index (χ0v) is 13.1. The van der Waals surface area contributed by atoms with Gasteiger partial charge in [-0.25, -0.2) is 0 Å². The fourth-order valence-electron chi connectivity index (χ4n) is 4.06. The quantitative estimate of drug-likeness (QED) is 0.857. The van der Waals surface area contributed by atoms with Gasteiger partial charge in [0, 0.05) is 11.5 Å². The van der Waals surface area contributed by atoms with Crippen LogP contribution in [-0.2, 0) is 5.41 Å². The van der Waals surface area contributed by atoms with Gasteiger partial charge in [0.15, 0.2) is 0 Å². The van der Waals surface area contributed by atoms with Crippen molar-refractivity contribution >= 4 is 0 Å². The molecule has 0 radical (unpaired) electrons. The minimum Gasteiger partial charge on any atom is -0.323 e. The van der Waals surface area contributed by atoms with Crippen molar-refractivity contribution in [2.24, 2.45) is 5.73 Å². The Balaban J connectivity index is 2.05. The fraction of sp³-hybridized carbons (Fsp3) is 0.400. The van der Waals surface area contributed by atoms with Gasteiger partial charge in [-0.2, -0.15) is 0 Å². The summed E-state index contributed by atoms with van der Waals surface area (Å²) in [6.07, 6.45) is 4.97. The standard InChI is InChI=1S/C20H25N/c1-15-12-16(2)14-17(13-15)19(21)20(10-6-7-11-20)18-8-4-3-5-9-18/h3-5,8-9,12-14,19H,6-7,10-11,21H2,1-2H3. The molecule has 2 N–H and O–H groups in total. The van der Waals surface area contributed by atoms with Gasteiger partial charge in [-0.1, -0.05) is 72.5 Å². The molecule has 0 heterocycles. The van der Waals surface area contributed by atoms with Gasteiger partial charge in [0.25, 0.3) is 0 Å². The van der Waals surface area contributed by atoms with Gasteiger partial charge in [0.05, 0.1) is 0 Å². The third-order valence-electron chi connectivity index (χ3n) is 5.04. The second-order valence-corrected chi connectivity index (χ2v) is 6.63. The van der Waals surface area contributed by atoms with Gasteiger partial charge in [0.2, 0.25) is 0 Å². The van der Waals surface area contributed by atoms with E-state index in [-0.39, 0.29) is 11.5 Å². The predicted molar refractivity (Wildman–Crippen MR) is 89.4 cm³/mol. The molecule has 1 saturated carbocycles. The van der Waals surface area contributed by atoms with Crippen LogP contribution in [0.3, 0.4) is 0 Å². The Bertz CT molecular complexity index is 589. The monoisotopic (exact) mass is 279 g/mol. The molecule has 1 aliphatic rings. The first-order chi connectivity index (χ1) is 10.1. The van der Waals surface area contributed by atoms with Crippen LogP contribution in [0, 0.1) is 13.8 Å². The van der Waals surface area contributed by atoms with Crippen molar-refractivity contribution in [3.63, 3.8) is 0 Å². The van der Waals surface area contributed by atoms with E-state index in [0.717, 1.165) is 0 Å². The summed E-state index contributed by atoms with van der Waals surface area (Å²) in [6, 6.07) is 17.7. The zero-order valence-electron chi connectivity index (χ0n) is 13.1. The van der Waals surface area contributed by atoms with E-state index in [1.165, 1.54) is 47.9 Å². The summed E-state index contributed by atoms with van der Waals surface area (Å²) >= 11 is 0. The first-order valence-corrected chi connectivity index (χ1v) is 8.01. The van der Waals surface area contributed by atoms with Crippen LogP contribution in [0.5, 0.6) is 0 Å². The van der Waals surface area contributed by atoms with E-state index in [1.807, 2.05) is 0 Å². The Morgan fingerprint density at radius 3 is 2.05 bits per heavy atom. The number of hydrogen-bond donors (Lipinski definition) is 1. The minimum absolute atomic E-state index is 0.0843. The highest BCUT2D eigenvalue weighted by atomic mass is 14.7. The highest BCUT2D eigenvalue weighted by Crippen LogP contribution is 2.48. The Labute approximate surface area is 128 Å². The Kier molecular flexibility index (Phi) is 3.86. The lowest BCUT2D eigenvalue weighted by atomic mass is 9.70. The van der Waals surface area contributed by atoms with E-state index in [4.69, 9.17) is 5.73 Å². The highest BCUT2D eigenvalue weighted by Gasteiger charge is 2.41. The van der Waals surface area contributed by atoms with Crippen LogP contribution in [0.15, 0.2) is 48.5 Å². The molecule has 0 bridgehead atoms. The summed E-state index contributed by atoms with van der Waals surface area (Å²) in [4.78, 5) is 0. The van der Waals surface area contributed by atoms with Crippen molar-refractivity contribution in [2.45, 2.75) is 51.0 Å². The molecule has 1 fully saturated rings. The third kappa shape index (κ3) is 2.63. The van der Waals surface area contributed by atoms with Gasteiger partial charge >= 0.3 is 0 Å². The topological polar surface area (TPSA) is 26.0 Å². The average molecular weight is 279 g/mol. The first-order valence-electron chi connectivity index (χ1n) is 8.01. The van der Waals surface area contributed by atoms with Crippen molar-refractivity contribution in [3.05, 3.63) is 70.8 Å². The van der Waals surface area contributed by atoms with Crippen LogP contribution in [0.1, 0.15) is 54.0 Å². The van der Waals surface area contributed by atoms with Gasteiger partial charge in [0.1, 0.15) is 0 Å². The lowest BCUT2D eigenvalue weighted by molar-refractivity contribution is 0.356. The molecule has 3 rings (SSSR count). The van der Waals surface area contributed by atoms with E-state index in [0.29, 0.717) is 0 Å². The minimum atomic E-state index is 0.0843. The first kappa shape index (κ1) is 14.3. The molecule has 2 aromatic rings. The van der Waals surface area contributed by atoms with Crippen molar-refractivity contribution in [1.82, 2.24) is 0 Å². The summed E-state index contributed by atoms with van der Waals surface area (Å²) < 4.78 is 0. The number of benzene rings is 2. The molecule has 1 aliphatic carbocycles. The molecule has 1 unspecified atom stereocenters. The van der Waals surface area contributed by atoms with Crippen molar-refractivity contribution in [2.75, 3.05) is 0 Å². The molecule has 1 atom stereocenters. The summed E-state index contributed by atoms with van der Waals surface area (Å²) in [5.74, 6) is 0. The van der Waals surface area contributed by atoms with Crippen LogP contribution < -0.4 is 5.73 Å². The van der Waals surface area contributed by atoms with Crippen LogP contribution in [0.25, 0.3) is 0 Å². The summed E-state index contributed by atoms with van der Waals surface area (Å²) in [5.41, 5.74) is 12.2. The molecule has 0 aromatic heterocycles. The van der Waals surface area contributed by atoms with Crippen LogP contribution in [0.2, 0.25) is 0 Å². The average Bonchev–Trinajstić information content (AvgIpc) is 2.97. The fourth-order valence-corrected chi connectivity index (χ4v) is 4.06. The molecule has 0 saturated heterocycles. The summed E-state index contributed by atoms with van der Waals surface area (Å²) in [5, 5.41) is 0. The van der Waals surface area contributed by atoms with E-state index in [2.05, 4.69) is 62.4 Å². The second kappa shape index (κ2) is 5.65. The van der Waals surface area contributed by atoms with Crippen molar-refractivity contribution in [1.29, 1.82) is 0 Å². The Morgan fingerprint density at radius 2 is 1.48 bits per heavy atom. The molecule has 0 aliphatic heterocycles. The Morgan fingerprint density at radius 1 is 0.905 bits per heavy atom. The maximum atomic E-state index is 6.81. The maximum Gasteiger partial charge on any atom is 0.0393 e. The molecule has 0 spiro atoms. The van der Waals surface area contributed by atoms with Crippen LogP contribution in [-0.4, -0.2) is 0 Å². The van der Waals surface area contributed by atoms with Crippen LogP contribution >= 0.6 is 0 Å². The summed E-state index contributed by atoms with van der Waals surface area (Å²) in [7, 11) is 0. The SMILES string of the molecule is Cc1cc(C)cc(C(N)C2(c3ccccc3)CCCC2)c1. The smallest absolute Gasteiger partial charge is 0.0393 e. The summed E-state index contributed by atoms with van der Waals surface area (Å²) in [6.45, 7) is 4.32. The maximum absolute atomic E-state index is 6.81. The molecule has 21 heavy (non-hydrogen) atoms. The number of aryl methyl sites for hydroxylation is 2. The molecular weight excluding hydrogens is 254 g/mol. The molecule has 1 heteroatoms. The van der Waals surface area contributed by atoms with E-state index in [9.17, 15) is 0 Å². The molecule has 1 nitrogen and oxygen atoms in total. The van der Waals surface area contributed by atoms with Gasteiger partial charge in [-0.05, 0) is 37.8 Å². The van der Waals surface area contributed by atoms with Gasteiger partial charge in [-0.15, -0.1) is 0 Å². The van der Waals surface area contributed by atoms with E-state index < -0.39 is 0 Å². The highest BCUT2D eigenvalue weighted by molar-refractivity contribution is 5.37. The van der Waals surface area contributed by atoms with E-state index >= 15 is 0 Å². The number of hydrogen-bond acceptors (Lipinski definition) is 1. The second-order valence-electron chi connectivity index (χ2n) is 6.63. The largest absolute Gasteiger partial charge is 0.323 e. The predicted octanol–water partition coefficient (Wildman–Crippen LogP) is 4.82. The van der Waals surface area contributed by atoms with Crippen molar-refractivity contribution < 1.29 is 0 Å². The normalized spacial score (nSPS) is 18.6. The van der Waals surface area contributed by atoms with E-state index in [1.54, 1.807) is 0 Å². The lowest BCUT2D eigenvalue weighted by Crippen LogP contribution is -2.36. The number of rotatable bonds is 3. The third-order valence-corrected chi connectivity index (χ3v) is 5.04. The zero-order chi connectivity index (χ0) is 14.9. The van der Waals surface area contributed by atoms with Gasteiger partial charge < -0.3 is 5.73 Å².